The first-order valence-electron chi connectivity index (χ1n) is 8.40. The molecule has 2 aromatic carbocycles. The van der Waals surface area contributed by atoms with Gasteiger partial charge in [0.2, 0.25) is 0 Å². The summed E-state index contributed by atoms with van der Waals surface area (Å²) in [5.41, 5.74) is 2.69. The number of nitrogens with zero attached hydrogens (tertiary/aromatic N) is 1. The molecular formula is C20H22BNO2. The molecule has 4 heteroatoms. The van der Waals surface area contributed by atoms with E-state index in [0.717, 1.165) is 16.7 Å². The zero-order valence-corrected chi connectivity index (χ0v) is 14.6. The largest absolute Gasteiger partial charge is 0.497 e. The summed E-state index contributed by atoms with van der Waals surface area (Å²) in [5.74, 6) is 0. The van der Waals surface area contributed by atoms with Crippen molar-refractivity contribution < 1.29 is 9.31 Å². The van der Waals surface area contributed by atoms with Gasteiger partial charge in [-0.3, -0.25) is 0 Å². The molecule has 24 heavy (non-hydrogen) atoms. The highest BCUT2D eigenvalue weighted by molar-refractivity contribution is 6.65. The van der Waals surface area contributed by atoms with Gasteiger partial charge in [-0.05, 0) is 51.3 Å². The van der Waals surface area contributed by atoms with Crippen molar-refractivity contribution in [3.05, 3.63) is 60.8 Å². The van der Waals surface area contributed by atoms with Crippen LogP contribution in [0.5, 0.6) is 0 Å². The highest BCUT2D eigenvalue weighted by atomic mass is 16.7. The summed E-state index contributed by atoms with van der Waals surface area (Å²) >= 11 is 0. The minimum Gasteiger partial charge on any atom is -0.399 e. The van der Waals surface area contributed by atoms with Crippen molar-refractivity contribution in [3.63, 3.8) is 0 Å². The molecule has 0 aliphatic carbocycles. The summed E-state index contributed by atoms with van der Waals surface area (Å²) in [6, 6.07) is 18.8. The molecule has 3 nitrogen and oxygen atoms in total. The summed E-state index contributed by atoms with van der Waals surface area (Å²) in [5, 5.41) is 1.17. The number of para-hydroxylation sites is 2. The lowest BCUT2D eigenvalue weighted by molar-refractivity contribution is 0.00578. The van der Waals surface area contributed by atoms with E-state index in [9.17, 15) is 0 Å². The van der Waals surface area contributed by atoms with Crippen LogP contribution in [0.15, 0.2) is 60.8 Å². The van der Waals surface area contributed by atoms with Crippen molar-refractivity contribution in [2.75, 3.05) is 0 Å². The van der Waals surface area contributed by atoms with Crippen molar-refractivity contribution in [2.24, 2.45) is 0 Å². The highest BCUT2D eigenvalue weighted by Crippen LogP contribution is 2.37. The van der Waals surface area contributed by atoms with Crippen LogP contribution in [-0.4, -0.2) is 22.9 Å². The maximum absolute atomic E-state index is 6.27. The Balaban J connectivity index is 1.86. The molecule has 0 N–H and O–H groups in total. The van der Waals surface area contributed by atoms with Crippen molar-refractivity contribution in [2.45, 2.75) is 38.9 Å². The second-order valence-electron chi connectivity index (χ2n) is 7.40. The van der Waals surface area contributed by atoms with E-state index in [0.29, 0.717) is 0 Å². The normalized spacial score (nSPS) is 19.1. The zero-order valence-electron chi connectivity index (χ0n) is 14.6. The molecule has 0 amide bonds. The first-order chi connectivity index (χ1) is 11.4. The van der Waals surface area contributed by atoms with E-state index in [1.54, 1.807) is 0 Å². The second-order valence-corrected chi connectivity index (χ2v) is 7.40. The topological polar surface area (TPSA) is 23.4 Å². The Morgan fingerprint density at radius 1 is 0.792 bits per heavy atom. The summed E-state index contributed by atoms with van der Waals surface area (Å²) in [6.07, 6.45) is 2.14. The van der Waals surface area contributed by atoms with Crippen LogP contribution in [0.3, 0.4) is 0 Å². The minimum atomic E-state index is -0.357. The Labute approximate surface area is 143 Å². The molecule has 0 unspecified atom stereocenters. The SMILES string of the molecule is CC1(C)OB(c2cn(-c3ccccc3)c3ccccc23)OC1(C)C. The molecule has 4 rings (SSSR count). The number of hydrogen-bond donors (Lipinski definition) is 0. The van der Waals surface area contributed by atoms with Crippen LogP contribution in [-0.2, 0) is 9.31 Å². The van der Waals surface area contributed by atoms with Crippen LogP contribution in [0.2, 0.25) is 0 Å². The Morgan fingerprint density at radius 2 is 1.38 bits per heavy atom. The molecule has 1 saturated heterocycles. The Bertz CT molecular complexity index is 867. The summed E-state index contributed by atoms with van der Waals surface area (Å²) in [4.78, 5) is 0. The quantitative estimate of drug-likeness (QED) is 0.668. The highest BCUT2D eigenvalue weighted by Gasteiger charge is 2.52. The van der Waals surface area contributed by atoms with Gasteiger partial charge in [-0.1, -0.05) is 36.4 Å². The van der Waals surface area contributed by atoms with Gasteiger partial charge in [0, 0.05) is 17.3 Å². The van der Waals surface area contributed by atoms with Gasteiger partial charge in [-0.25, -0.2) is 0 Å². The van der Waals surface area contributed by atoms with E-state index >= 15 is 0 Å². The lowest BCUT2D eigenvalue weighted by Gasteiger charge is -2.32. The zero-order chi connectivity index (χ0) is 16.9. The molecule has 0 atom stereocenters. The molecule has 1 aliphatic rings. The number of hydrogen-bond acceptors (Lipinski definition) is 2. The van der Waals surface area contributed by atoms with E-state index < -0.39 is 0 Å². The average molecular weight is 319 g/mol. The molecule has 122 valence electrons. The van der Waals surface area contributed by atoms with Gasteiger partial charge in [-0.15, -0.1) is 0 Å². The summed E-state index contributed by atoms with van der Waals surface area (Å²) in [7, 11) is -0.357. The third-order valence-electron chi connectivity index (χ3n) is 5.28. The second kappa shape index (κ2) is 5.23. The molecular weight excluding hydrogens is 297 g/mol. The van der Waals surface area contributed by atoms with Crippen LogP contribution >= 0.6 is 0 Å². The molecule has 3 aromatic rings. The molecule has 1 aliphatic heterocycles. The first-order valence-corrected chi connectivity index (χ1v) is 8.40. The van der Waals surface area contributed by atoms with Crippen LogP contribution in [0.25, 0.3) is 16.6 Å². The van der Waals surface area contributed by atoms with Crippen LogP contribution < -0.4 is 5.46 Å². The molecule has 0 saturated carbocycles. The third-order valence-corrected chi connectivity index (χ3v) is 5.28. The maximum atomic E-state index is 6.27. The van der Waals surface area contributed by atoms with E-state index in [1.807, 2.05) is 6.07 Å². The fourth-order valence-corrected chi connectivity index (χ4v) is 3.17. The van der Waals surface area contributed by atoms with E-state index in [-0.39, 0.29) is 18.3 Å². The lowest BCUT2D eigenvalue weighted by Crippen LogP contribution is -2.41. The van der Waals surface area contributed by atoms with Gasteiger partial charge in [0.15, 0.2) is 0 Å². The van der Waals surface area contributed by atoms with Crippen LogP contribution in [0, 0.1) is 0 Å². The standard InChI is InChI=1S/C20H22BNO2/c1-19(2)20(3,4)24-21(23-19)17-14-22(15-10-6-5-7-11-15)18-13-9-8-12-16(17)18/h5-14H,1-4H3. The van der Waals surface area contributed by atoms with Gasteiger partial charge in [0.25, 0.3) is 0 Å². The Morgan fingerprint density at radius 3 is 2.04 bits per heavy atom. The Hall–Kier alpha value is -2.04. The monoisotopic (exact) mass is 319 g/mol. The maximum Gasteiger partial charge on any atom is 0.497 e. The molecule has 0 spiro atoms. The average Bonchev–Trinajstić information content (AvgIpc) is 3.03. The van der Waals surface area contributed by atoms with Gasteiger partial charge >= 0.3 is 7.12 Å². The Kier molecular flexibility index (Phi) is 3.38. The number of aromatic nitrogens is 1. The molecule has 1 aromatic heterocycles. The molecule has 0 bridgehead atoms. The number of fused-ring (bicyclic) bond motifs is 1. The van der Waals surface area contributed by atoms with Gasteiger partial charge in [-0.2, -0.15) is 0 Å². The van der Waals surface area contributed by atoms with E-state index in [4.69, 9.17) is 9.31 Å². The third kappa shape index (κ3) is 2.29. The predicted molar refractivity (Wildman–Crippen MR) is 99.0 cm³/mol. The fraction of sp³-hybridized carbons (Fsp3) is 0.300. The van der Waals surface area contributed by atoms with Crippen LogP contribution in [0.4, 0.5) is 0 Å². The van der Waals surface area contributed by atoms with Gasteiger partial charge in [0.05, 0.1) is 16.7 Å². The van der Waals surface area contributed by atoms with Crippen LogP contribution in [0.1, 0.15) is 27.7 Å². The van der Waals surface area contributed by atoms with Crippen molar-refractivity contribution in [3.8, 4) is 5.69 Å². The van der Waals surface area contributed by atoms with Crippen molar-refractivity contribution >= 4 is 23.5 Å². The van der Waals surface area contributed by atoms with E-state index in [2.05, 4.69) is 87.0 Å². The van der Waals surface area contributed by atoms with Crippen molar-refractivity contribution in [1.29, 1.82) is 0 Å². The molecule has 2 heterocycles. The lowest BCUT2D eigenvalue weighted by atomic mass is 9.79. The molecule has 0 radical (unpaired) electrons. The summed E-state index contributed by atoms with van der Waals surface area (Å²) in [6.45, 7) is 8.35. The summed E-state index contributed by atoms with van der Waals surface area (Å²) < 4.78 is 14.7. The van der Waals surface area contributed by atoms with E-state index in [1.165, 1.54) is 5.39 Å². The number of rotatable bonds is 2. The van der Waals surface area contributed by atoms with Gasteiger partial charge in [0.1, 0.15) is 0 Å². The van der Waals surface area contributed by atoms with Crippen molar-refractivity contribution in [1.82, 2.24) is 4.57 Å². The van der Waals surface area contributed by atoms with Gasteiger partial charge < -0.3 is 13.9 Å². The number of benzene rings is 2. The first kappa shape index (κ1) is 15.5. The predicted octanol–water partition coefficient (Wildman–Crippen LogP) is 3.93. The smallest absolute Gasteiger partial charge is 0.399 e. The minimum absolute atomic E-state index is 0.340. The fourth-order valence-electron chi connectivity index (χ4n) is 3.17. The molecule has 1 fully saturated rings.